The summed E-state index contributed by atoms with van der Waals surface area (Å²) in [5.74, 6) is -1.41. The third-order valence-corrected chi connectivity index (χ3v) is 3.29. The highest BCUT2D eigenvalue weighted by Crippen LogP contribution is 2.16. The molecule has 0 radical (unpaired) electrons. The molecule has 0 heterocycles. The molecule has 1 unspecified atom stereocenters. The van der Waals surface area contributed by atoms with Crippen molar-refractivity contribution in [2.75, 3.05) is 6.61 Å². The van der Waals surface area contributed by atoms with E-state index in [4.69, 9.17) is 9.47 Å². The summed E-state index contributed by atoms with van der Waals surface area (Å²) < 4.78 is 10.6. The number of hydrogen-bond donors (Lipinski definition) is 1. The first-order valence-corrected chi connectivity index (χ1v) is 7.86. The zero-order valence-electron chi connectivity index (χ0n) is 13.9. The first kappa shape index (κ1) is 18.7. The van der Waals surface area contributed by atoms with Crippen molar-refractivity contribution in [1.29, 1.82) is 0 Å². The minimum absolute atomic E-state index is 0.320. The Kier molecular flexibility index (Phi) is 7.88. The summed E-state index contributed by atoms with van der Waals surface area (Å²) >= 11 is 0. The predicted octanol–water partition coefficient (Wildman–Crippen LogP) is 3.68. The molecule has 0 bridgehead atoms. The molecule has 0 aliphatic rings. The number of esters is 1. The first-order valence-electron chi connectivity index (χ1n) is 7.86. The number of aliphatic carboxylic acids is 1. The van der Waals surface area contributed by atoms with E-state index in [1.54, 1.807) is 31.2 Å². The maximum Gasteiger partial charge on any atom is 0.345 e. The van der Waals surface area contributed by atoms with Gasteiger partial charge in [-0.15, -0.1) is 0 Å². The Balaban J connectivity index is 2.83. The van der Waals surface area contributed by atoms with E-state index in [9.17, 15) is 14.7 Å². The van der Waals surface area contributed by atoms with Gasteiger partial charge in [0.15, 0.2) is 0 Å². The van der Waals surface area contributed by atoms with Crippen molar-refractivity contribution in [1.82, 2.24) is 0 Å². The standard InChI is InChI=1S/C18H24O5/c1-4-6-11-22-15-9-7-14(8-10-15)12-16(17(19)20)18(21)23-13(3)5-2/h7-10,12-13H,4-6,11H2,1-3H3,(H,19,20). The van der Waals surface area contributed by atoms with E-state index in [1.165, 1.54) is 6.08 Å². The van der Waals surface area contributed by atoms with Crippen LogP contribution in [0.2, 0.25) is 0 Å². The van der Waals surface area contributed by atoms with Crippen molar-refractivity contribution in [3.8, 4) is 5.75 Å². The Morgan fingerprint density at radius 2 is 1.87 bits per heavy atom. The molecule has 0 aliphatic carbocycles. The van der Waals surface area contributed by atoms with Crippen molar-refractivity contribution in [2.45, 2.75) is 46.1 Å². The minimum Gasteiger partial charge on any atom is -0.494 e. The number of ether oxygens (including phenoxy) is 2. The average molecular weight is 320 g/mol. The number of carbonyl (C=O) groups is 2. The zero-order chi connectivity index (χ0) is 17.2. The lowest BCUT2D eigenvalue weighted by Gasteiger charge is -2.11. The van der Waals surface area contributed by atoms with E-state index in [-0.39, 0.29) is 11.7 Å². The fraction of sp³-hybridized carbons (Fsp3) is 0.444. The second-order valence-corrected chi connectivity index (χ2v) is 5.26. The van der Waals surface area contributed by atoms with Crippen LogP contribution in [0.15, 0.2) is 29.8 Å². The first-order chi connectivity index (χ1) is 11.0. The van der Waals surface area contributed by atoms with Gasteiger partial charge in [0.1, 0.15) is 11.3 Å². The second kappa shape index (κ2) is 9.66. The van der Waals surface area contributed by atoms with E-state index >= 15 is 0 Å². The summed E-state index contributed by atoms with van der Waals surface area (Å²) in [4.78, 5) is 23.2. The molecule has 5 nitrogen and oxygen atoms in total. The lowest BCUT2D eigenvalue weighted by molar-refractivity contribution is -0.147. The molecule has 0 fully saturated rings. The van der Waals surface area contributed by atoms with E-state index in [0.717, 1.165) is 18.6 Å². The Labute approximate surface area is 136 Å². The van der Waals surface area contributed by atoms with Crippen LogP contribution in [0.1, 0.15) is 45.6 Å². The molecule has 0 aliphatic heterocycles. The summed E-state index contributed by atoms with van der Waals surface area (Å²) in [5, 5.41) is 9.19. The third-order valence-electron chi connectivity index (χ3n) is 3.29. The van der Waals surface area contributed by atoms with E-state index in [2.05, 4.69) is 6.92 Å². The molecule has 1 aromatic carbocycles. The fourth-order valence-corrected chi connectivity index (χ4v) is 1.70. The van der Waals surface area contributed by atoms with E-state index in [1.807, 2.05) is 6.92 Å². The molecular formula is C18H24O5. The number of unbranched alkanes of at least 4 members (excludes halogenated alkanes) is 1. The van der Waals surface area contributed by atoms with Crippen LogP contribution in [0.3, 0.4) is 0 Å². The summed E-state index contributed by atoms with van der Waals surface area (Å²) in [6.45, 7) is 6.32. The molecular weight excluding hydrogens is 296 g/mol. The number of carboxylic acid groups (broad SMARTS) is 1. The molecule has 5 heteroatoms. The summed E-state index contributed by atoms with van der Waals surface area (Å²) in [5.41, 5.74) is 0.219. The molecule has 1 atom stereocenters. The molecule has 0 aromatic heterocycles. The van der Waals surface area contributed by atoms with Crippen molar-refractivity contribution >= 4 is 18.0 Å². The molecule has 23 heavy (non-hydrogen) atoms. The van der Waals surface area contributed by atoms with Gasteiger partial charge in [-0.25, -0.2) is 9.59 Å². The van der Waals surface area contributed by atoms with Gasteiger partial charge in [0.2, 0.25) is 0 Å². The average Bonchev–Trinajstić information content (AvgIpc) is 2.53. The van der Waals surface area contributed by atoms with Crippen LogP contribution in [-0.2, 0) is 14.3 Å². The SMILES string of the molecule is CCCCOc1ccc(C=C(C(=O)O)C(=O)OC(C)CC)cc1. The van der Waals surface area contributed by atoms with Gasteiger partial charge in [0.05, 0.1) is 12.7 Å². The highest BCUT2D eigenvalue weighted by molar-refractivity contribution is 6.17. The zero-order valence-corrected chi connectivity index (χ0v) is 13.9. The monoisotopic (exact) mass is 320 g/mol. The summed E-state index contributed by atoms with van der Waals surface area (Å²) in [6.07, 6.45) is 3.65. The quantitative estimate of drug-likeness (QED) is 0.247. The molecule has 1 rings (SSSR count). The largest absolute Gasteiger partial charge is 0.494 e. The Morgan fingerprint density at radius 3 is 2.39 bits per heavy atom. The highest BCUT2D eigenvalue weighted by Gasteiger charge is 2.20. The van der Waals surface area contributed by atoms with Crippen LogP contribution in [-0.4, -0.2) is 29.8 Å². The molecule has 1 aromatic rings. The molecule has 1 N–H and O–H groups in total. The van der Waals surface area contributed by atoms with Gasteiger partial charge < -0.3 is 14.6 Å². The normalized spacial score (nSPS) is 12.6. The molecule has 0 amide bonds. The smallest absolute Gasteiger partial charge is 0.345 e. The van der Waals surface area contributed by atoms with E-state index < -0.39 is 11.9 Å². The number of carboxylic acids is 1. The number of benzene rings is 1. The molecule has 0 spiro atoms. The van der Waals surface area contributed by atoms with Gasteiger partial charge in [-0.05, 0) is 43.5 Å². The Morgan fingerprint density at radius 1 is 1.22 bits per heavy atom. The third kappa shape index (κ3) is 6.55. The predicted molar refractivity (Wildman–Crippen MR) is 88.3 cm³/mol. The van der Waals surface area contributed by atoms with Gasteiger partial charge in [0, 0.05) is 0 Å². The molecule has 0 saturated carbocycles. The van der Waals surface area contributed by atoms with Crippen molar-refractivity contribution in [3.63, 3.8) is 0 Å². The van der Waals surface area contributed by atoms with Crippen LogP contribution in [0, 0.1) is 0 Å². The topological polar surface area (TPSA) is 72.8 Å². The van der Waals surface area contributed by atoms with Crippen molar-refractivity contribution < 1.29 is 24.2 Å². The van der Waals surface area contributed by atoms with Gasteiger partial charge in [0.25, 0.3) is 0 Å². The van der Waals surface area contributed by atoms with Gasteiger partial charge >= 0.3 is 11.9 Å². The van der Waals surface area contributed by atoms with Gasteiger partial charge in [-0.2, -0.15) is 0 Å². The lowest BCUT2D eigenvalue weighted by Crippen LogP contribution is -2.20. The number of hydrogen-bond acceptors (Lipinski definition) is 4. The maximum atomic E-state index is 11.9. The van der Waals surface area contributed by atoms with E-state index in [0.29, 0.717) is 18.6 Å². The Bertz CT molecular complexity index is 545. The van der Waals surface area contributed by atoms with Crippen LogP contribution >= 0.6 is 0 Å². The molecule has 126 valence electrons. The van der Waals surface area contributed by atoms with Crippen molar-refractivity contribution in [2.24, 2.45) is 0 Å². The summed E-state index contributed by atoms with van der Waals surface area (Å²) in [7, 11) is 0. The van der Waals surface area contributed by atoms with Crippen LogP contribution in [0.4, 0.5) is 0 Å². The van der Waals surface area contributed by atoms with Crippen LogP contribution in [0.25, 0.3) is 6.08 Å². The van der Waals surface area contributed by atoms with Gasteiger partial charge in [-0.1, -0.05) is 32.4 Å². The van der Waals surface area contributed by atoms with Crippen molar-refractivity contribution in [3.05, 3.63) is 35.4 Å². The van der Waals surface area contributed by atoms with Gasteiger partial charge in [-0.3, -0.25) is 0 Å². The second-order valence-electron chi connectivity index (χ2n) is 5.26. The van der Waals surface area contributed by atoms with Crippen LogP contribution in [0.5, 0.6) is 5.75 Å². The fourth-order valence-electron chi connectivity index (χ4n) is 1.70. The lowest BCUT2D eigenvalue weighted by atomic mass is 10.1. The minimum atomic E-state index is -1.30. The number of carbonyl (C=O) groups excluding carboxylic acids is 1. The summed E-state index contributed by atoms with van der Waals surface area (Å²) in [6, 6.07) is 6.92. The maximum absolute atomic E-state index is 11.9. The Hall–Kier alpha value is -2.30. The molecule has 0 saturated heterocycles. The van der Waals surface area contributed by atoms with Crippen LogP contribution < -0.4 is 4.74 Å². The number of rotatable bonds is 9. The highest BCUT2D eigenvalue weighted by atomic mass is 16.5.